The highest BCUT2D eigenvalue weighted by Gasteiger charge is 2.16. The second-order valence-corrected chi connectivity index (χ2v) is 5.36. The molecule has 1 aromatic carbocycles. The molecule has 0 saturated carbocycles. The fourth-order valence-corrected chi connectivity index (χ4v) is 2.40. The van der Waals surface area contributed by atoms with E-state index in [1.54, 1.807) is 12.1 Å². The molecule has 1 unspecified atom stereocenters. The third-order valence-corrected chi connectivity index (χ3v) is 3.57. The lowest BCUT2D eigenvalue weighted by atomic mass is 10.1. The smallest absolute Gasteiger partial charge is 0.221 e. The van der Waals surface area contributed by atoms with E-state index in [4.69, 9.17) is 4.74 Å². The summed E-state index contributed by atoms with van der Waals surface area (Å²) in [6, 6.07) is 6.35. The Kier molecular flexibility index (Phi) is 8.85. The number of benzene rings is 1. The highest BCUT2D eigenvalue weighted by molar-refractivity contribution is 5.85. The predicted octanol–water partition coefficient (Wildman–Crippen LogP) is 2.66. The van der Waals surface area contributed by atoms with Crippen molar-refractivity contribution < 1.29 is 13.9 Å². The third kappa shape index (κ3) is 7.09. The van der Waals surface area contributed by atoms with Crippen molar-refractivity contribution in [2.45, 2.75) is 38.1 Å². The summed E-state index contributed by atoms with van der Waals surface area (Å²) in [6.45, 7) is 2.28. The van der Waals surface area contributed by atoms with Crippen molar-refractivity contribution in [3.63, 3.8) is 0 Å². The Morgan fingerprint density at radius 2 is 2.09 bits per heavy atom. The van der Waals surface area contributed by atoms with Gasteiger partial charge in [0.1, 0.15) is 11.6 Å². The van der Waals surface area contributed by atoms with Gasteiger partial charge in [-0.3, -0.25) is 4.79 Å². The fraction of sp³-hybridized carbons (Fsp3) is 0.562. The molecule has 1 heterocycles. The van der Waals surface area contributed by atoms with Crippen LogP contribution in [-0.2, 0) is 4.79 Å². The normalized spacial score (nSPS) is 16.9. The maximum atomic E-state index is 12.7. The Morgan fingerprint density at radius 1 is 1.32 bits per heavy atom. The maximum absolute atomic E-state index is 12.7. The number of ether oxygens (including phenoxy) is 1. The van der Waals surface area contributed by atoms with Gasteiger partial charge in [0, 0.05) is 19.0 Å². The van der Waals surface area contributed by atoms with Gasteiger partial charge in [-0.15, -0.1) is 12.4 Å². The van der Waals surface area contributed by atoms with Gasteiger partial charge in [0.25, 0.3) is 0 Å². The fourth-order valence-electron chi connectivity index (χ4n) is 2.40. The van der Waals surface area contributed by atoms with E-state index in [9.17, 15) is 9.18 Å². The van der Waals surface area contributed by atoms with E-state index < -0.39 is 0 Å². The van der Waals surface area contributed by atoms with Crippen LogP contribution in [-0.4, -0.2) is 31.6 Å². The molecule has 1 aromatic rings. The second-order valence-electron chi connectivity index (χ2n) is 5.36. The van der Waals surface area contributed by atoms with Gasteiger partial charge >= 0.3 is 0 Å². The highest BCUT2D eigenvalue weighted by Crippen LogP contribution is 2.11. The van der Waals surface area contributed by atoms with Crippen molar-refractivity contribution in [2.75, 3.05) is 19.7 Å². The van der Waals surface area contributed by atoms with Crippen LogP contribution in [0.5, 0.6) is 5.75 Å². The Balaban J connectivity index is 0.00000242. The molecule has 2 rings (SSSR count). The number of halogens is 2. The van der Waals surface area contributed by atoms with Crippen LogP contribution in [0.15, 0.2) is 24.3 Å². The molecule has 0 aliphatic carbocycles. The second kappa shape index (κ2) is 10.4. The van der Waals surface area contributed by atoms with Crippen LogP contribution >= 0.6 is 12.4 Å². The van der Waals surface area contributed by atoms with E-state index in [-0.39, 0.29) is 24.1 Å². The molecule has 0 spiro atoms. The Hall–Kier alpha value is -1.33. The summed E-state index contributed by atoms with van der Waals surface area (Å²) in [5.74, 6) is 0.531. The van der Waals surface area contributed by atoms with E-state index in [1.165, 1.54) is 18.6 Å². The molecule has 0 aromatic heterocycles. The van der Waals surface area contributed by atoms with Crippen LogP contribution in [0.25, 0.3) is 0 Å². The van der Waals surface area contributed by atoms with Gasteiger partial charge in [0.05, 0.1) is 6.61 Å². The molecule has 1 aliphatic heterocycles. The molecule has 22 heavy (non-hydrogen) atoms. The maximum Gasteiger partial charge on any atom is 0.221 e. The lowest BCUT2D eigenvalue weighted by molar-refractivity contribution is -0.121. The quantitative estimate of drug-likeness (QED) is 0.720. The third-order valence-electron chi connectivity index (χ3n) is 3.57. The van der Waals surface area contributed by atoms with Gasteiger partial charge in [-0.1, -0.05) is 0 Å². The summed E-state index contributed by atoms with van der Waals surface area (Å²) >= 11 is 0. The summed E-state index contributed by atoms with van der Waals surface area (Å²) < 4.78 is 18.2. The van der Waals surface area contributed by atoms with E-state index in [0.717, 1.165) is 25.8 Å². The summed E-state index contributed by atoms with van der Waals surface area (Å²) in [7, 11) is 0. The number of rotatable bonds is 8. The lowest BCUT2D eigenvalue weighted by Gasteiger charge is -2.10. The summed E-state index contributed by atoms with van der Waals surface area (Å²) in [5, 5.41) is 6.24. The zero-order valence-corrected chi connectivity index (χ0v) is 13.5. The minimum atomic E-state index is -0.262. The van der Waals surface area contributed by atoms with Crippen molar-refractivity contribution in [3.8, 4) is 5.75 Å². The largest absolute Gasteiger partial charge is 0.494 e. The number of nitrogens with one attached hydrogen (secondary N) is 2. The Labute approximate surface area is 137 Å². The first-order valence-electron chi connectivity index (χ1n) is 7.62. The van der Waals surface area contributed by atoms with E-state index >= 15 is 0 Å². The van der Waals surface area contributed by atoms with Crippen LogP contribution in [0.1, 0.15) is 32.1 Å². The van der Waals surface area contributed by atoms with Crippen LogP contribution < -0.4 is 15.4 Å². The van der Waals surface area contributed by atoms with Gasteiger partial charge in [0.15, 0.2) is 0 Å². The number of carbonyl (C=O) groups excluding carboxylic acids is 1. The topological polar surface area (TPSA) is 50.4 Å². The SMILES string of the molecule is Cl.O=C(CC1CCCN1)NCCCCOc1ccc(F)cc1. The molecule has 1 aliphatic rings. The molecule has 1 saturated heterocycles. The first kappa shape index (κ1) is 18.7. The van der Waals surface area contributed by atoms with Crippen LogP contribution in [0.3, 0.4) is 0 Å². The van der Waals surface area contributed by atoms with Crippen molar-refractivity contribution >= 4 is 18.3 Å². The number of amides is 1. The minimum absolute atomic E-state index is 0. The standard InChI is InChI=1S/C16H23FN2O2.ClH/c17-13-5-7-15(8-6-13)21-11-2-1-9-19-16(20)12-14-4-3-10-18-14;/h5-8,14,18H,1-4,9-12H2,(H,19,20);1H. The predicted molar refractivity (Wildman–Crippen MR) is 87.0 cm³/mol. The summed E-state index contributed by atoms with van der Waals surface area (Å²) in [6.07, 6.45) is 4.58. The van der Waals surface area contributed by atoms with Gasteiger partial charge in [-0.25, -0.2) is 4.39 Å². The van der Waals surface area contributed by atoms with Crippen LogP contribution in [0.4, 0.5) is 4.39 Å². The first-order valence-corrected chi connectivity index (χ1v) is 7.62. The molecule has 1 atom stereocenters. The van der Waals surface area contributed by atoms with Gasteiger partial charge in [0.2, 0.25) is 5.91 Å². The molecule has 2 N–H and O–H groups in total. The van der Waals surface area contributed by atoms with E-state index in [0.29, 0.717) is 31.4 Å². The lowest BCUT2D eigenvalue weighted by Crippen LogP contribution is -2.32. The molecule has 4 nitrogen and oxygen atoms in total. The van der Waals surface area contributed by atoms with Crippen LogP contribution in [0, 0.1) is 5.82 Å². The zero-order valence-electron chi connectivity index (χ0n) is 12.6. The van der Waals surface area contributed by atoms with Gasteiger partial charge in [-0.05, 0) is 56.5 Å². The zero-order chi connectivity index (χ0) is 14.9. The molecule has 1 fully saturated rings. The van der Waals surface area contributed by atoms with E-state index in [1.807, 2.05) is 0 Å². The van der Waals surface area contributed by atoms with Crippen LogP contribution in [0.2, 0.25) is 0 Å². The van der Waals surface area contributed by atoms with Gasteiger partial charge in [-0.2, -0.15) is 0 Å². The van der Waals surface area contributed by atoms with E-state index in [2.05, 4.69) is 10.6 Å². The van der Waals surface area contributed by atoms with Crippen molar-refractivity contribution in [1.29, 1.82) is 0 Å². The van der Waals surface area contributed by atoms with Crippen molar-refractivity contribution in [2.24, 2.45) is 0 Å². The Bertz CT molecular complexity index is 436. The molecule has 124 valence electrons. The molecule has 6 heteroatoms. The molecular formula is C16H24ClFN2O2. The summed E-state index contributed by atoms with van der Waals surface area (Å²) in [4.78, 5) is 11.7. The molecule has 1 amide bonds. The average Bonchev–Trinajstić information content (AvgIpc) is 2.97. The number of hydrogen-bond acceptors (Lipinski definition) is 3. The number of unbranched alkanes of at least 4 members (excludes halogenated alkanes) is 1. The molecular weight excluding hydrogens is 307 g/mol. The van der Waals surface area contributed by atoms with Crippen molar-refractivity contribution in [3.05, 3.63) is 30.1 Å². The summed E-state index contributed by atoms with van der Waals surface area (Å²) in [5.41, 5.74) is 0. The molecule has 0 bridgehead atoms. The number of carbonyl (C=O) groups is 1. The van der Waals surface area contributed by atoms with Crippen molar-refractivity contribution in [1.82, 2.24) is 10.6 Å². The Morgan fingerprint density at radius 3 is 2.77 bits per heavy atom. The highest BCUT2D eigenvalue weighted by atomic mass is 35.5. The average molecular weight is 331 g/mol. The first-order chi connectivity index (χ1) is 10.2. The minimum Gasteiger partial charge on any atom is -0.494 e. The molecule has 0 radical (unpaired) electrons. The monoisotopic (exact) mass is 330 g/mol. The number of hydrogen-bond donors (Lipinski definition) is 2. The van der Waals surface area contributed by atoms with Gasteiger partial charge < -0.3 is 15.4 Å².